The number of hydrogen-bond donors (Lipinski definition) is 0. The van der Waals surface area contributed by atoms with Gasteiger partial charge in [-0.15, -0.1) is 19.7 Å². The van der Waals surface area contributed by atoms with Gasteiger partial charge in [-0.05, 0) is 129 Å². The van der Waals surface area contributed by atoms with Crippen LogP contribution < -0.4 is 4.90 Å². The summed E-state index contributed by atoms with van der Waals surface area (Å²) in [5, 5.41) is 0. The maximum atomic E-state index is 4.18. The van der Waals surface area contributed by atoms with Crippen LogP contribution in [-0.4, -0.2) is 6.04 Å². The molecule has 3 atom stereocenters. The molecule has 2 aliphatic rings. The number of unbranched alkanes of at least 4 members (excludes halogenated alkanes) is 1. The first-order chi connectivity index (χ1) is 20.4. The minimum atomic E-state index is 0.268. The number of nitrogens with zero attached hydrogens (tertiary/aromatic N) is 1. The van der Waals surface area contributed by atoms with Gasteiger partial charge in [-0.2, -0.15) is 0 Å². The largest absolute Gasteiger partial charge is 0.335 e. The molecule has 218 valence electrons. The molecule has 0 heterocycles. The van der Waals surface area contributed by atoms with Crippen molar-refractivity contribution in [3.8, 4) is 11.1 Å². The van der Waals surface area contributed by atoms with Crippen LogP contribution in [0.2, 0.25) is 0 Å². The molecule has 3 unspecified atom stereocenters. The van der Waals surface area contributed by atoms with Gasteiger partial charge >= 0.3 is 0 Å². The Bertz CT molecular complexity index is 1390. The third-order valence-electron chi connectivity index (χ3n) is 8.61. The molecule has 1 nitrogen and oxygen atoms in total. The van der Waals surface area contributed by atoms with Crippen LogP contribution in [0.3, 0.4) is 0 Å². The summed E-state index contributed by atoms with van der Waals surface area (Å²) in [6, 6.07) is 9.92. The summed E-state index contributed by atoms with van der Waals surface area (Å²) >= 11 is 0. The zero-order valence-corrected chi connectivity index (χ0v) is 26.3. The van der Waals surface area contributed by atoms with Gasteiger partial charge in [-0.1, -0.05) is 79.0 Å². The molecule has 0 amide bonds. The molecule has 0 N–H and O–H groups in total. The molecule has 0 aliphatic heterocycles. The van der Waals surface area contributed by atoms with E-state index in [0.717, 1.165) is 38.5 Å². The van der Waals surface area contributed by atoms with Crippen molar-refractivity contribution in [2.24, 2.45) is 5.92 Å². The van der Waals surface area contributed by atoms with Gasteiger partial charge in [0.2, 0.25) is 0 Å². The lowest BCUT2D eigenvalue weighted by Crippen LogP contribution is -2.33. The number of benzene rings is 2. The monoisotopic (exact) mass is 555 g/mol. The van der Waals surface area contributed by atoms with E-state index in [2.05, 4.69) is 137 Å². The third kappa shape index (κ3) is 7.13. The van der Waals surface area contributed by atoms with E-state index in [9.17, 15) is 0 Å². The molecule has 0 spiro atoms. The lowest BCUT2D eigenvalue weighted by atomic mass is 9.80. The van der Waals surface area contributed by atoms with E-state index in [4.69, 9.17) is 0 Å². The molecular formula is C41H49N. The second kappa shape index (κ2) is 14.9. The number of allylic oxidation sites excluding steroid dienone is 10. The van der Waals surface area contributed by atoms with Crippen molar-refractivity contribution < 1.29 is 0 Å². The van der Waals surface area contributed by atoms with Gasteiger partial charge in [-0.25, -0.2) is 0 Å². The highest BCUT2D eigenvalue weighted by molar-refractivity contribution is 5.80. The van der Waals surface area contributed by atoms with Crippen molar-refractivity contribution >= 4 is 5.69 Å². The zero-order valence-electron chi connectivity index (χ0n) is 26.3. The standard InChI is InChI=1S/C41H49N/c1-8-11-12-19-25-39(34(10-3)20-9-2)35-26-30(4)40(31(5)27-35)41-32(6)28-38(29-33(41)7)42(36-21-15-13-16-22-36)37-23-17-14-18-24-37/h8-10,13,15-17,19,21,23-29,34,36,39H,1-3,11-12,14,18,20,22H2,4-7H3. The number of rotatable bonds is 13. The Morgan fingerprint density at radius 1 is 0.833 bits per heavy atom. The smallest absolute Gasteiger partial charge is 0.0559 e. The SMILES string of the molecule is C=CCCC=CC(c1cc(C)c(-c2c(C)cc(N(C3=CCCC=C3)C3C=CC=CC3)cc2C)c(C)c1)C(C=C)CC=C. The normalized spacial score (nSPS) is 17.6. The van der Waals surface area contributed by atoms with Crippen LogP contribution in [0.25, 0.3) is 11.1 Å². The summed E-state index contributed by atoms with van der Waals surface area (Å²) in [5.74, 6) is 0.581. The summed E-state index contributed by atoms with van der Waals surface area (Å²) in [6.45, 7) is 21.2. The number of hydrogen-bond acceptors (Lipinski definition) is 1. The fraction of sp³-hybridized carbons (Fsp3) is 0.317. The average molecular weight is 556 g/mol. The van der Waals surface area contributed by atoms with Gasteiger partial charge < -0.3 is 4.90 Å². The molecule has 4 rings (SSSR count). The quantitative estimate of drug-likeness (QED) is 0.175. The van der Waals surface area contributed by atoms with Crippen LogP contribution in [0.15, 0.2) is 123 Å². The molecule has 0 saturated carbocycles. The molecule has 2 aliphatic carbocycles. The van der Waals surface area contributed by atoms with Crippen molar-refractivity contribution in [2.75, 3.05) is 4.90 Å². The zero-order chi connectivity index (χ0) is 30.1. The maximum absolute atomic E-state index is 4.18. The molecule has 0 radical (unpaired) electrons. The fourth-order valence-corrected chi connectivity index (χ4v) is 6.67. The first-order valence-electron chi connectivity index (χ1n) is 15.6. The van der Waals surface area contributed by atoms with Crippen LogP contribution in [0.5, 0.6) is 0 Å². The Morgan fingerprint density at radius 3 is 2.07 bits per heavy atom. The second-order valence-corrected chi connectivity index (χ2v) is 11.8. The summed E-state index contributed by atoms with van der Waals surface area (Å²) < 4.78 is 0. The molecule has 1 heteroatoms. The minimum absolute atomic E-state index is 0.268. The van der Waals surface area contributed by atoms with Gasteiger partial charge in [-0.3, -0.25) is 0 Å². The van der Waals surface area contributed by atoms with Crippen LogP contribution in [0, 0.1) is 33.6 Å². The topological polar surface area (TPSA) is 3.24 Å². The van der Waals surface area contributed by atoms with Gasteiger partial charge in [0.05, 0.1) is 6.04 Å². The van der Waals surface area contributed by atoms with Crippen LogP contribution in [0.1, 0.15) is 72.3 Å². The first-order valence-corrected chi connectivity index (χ1v) is 15.6. The van der Waals surface area contributed by atoms with E-state index >= 15 is 0 Å². The van der Waals surface area contributed by atoms with Gasteiger partial charge in [0, 0.05) is 17.3 Å². The summed E-state index contributed by atoms with van der Waals surface area (Å²) in [7, 11) is 0. The van der Waals surface area contributed by atoms with Crippen LogP contribution >= 0.6 is 0 Å². The Balaban J connectivity index is 1.75. The Labute approximate surface area is 255 Å². The molecular weight excluding hydrogens is 506 g/mol. The molecule has 0 bridgehead atoms. The van der Waals surface area contributed by atoms with Crippen LogP contribution in [-0.2, 0) is 0 Å². The van der Waals surface area contributed by atoms with E-state index in [1.807, 2.05) is 12.2 Å². The van der Waals surface area contributed by atoms with Crippen LogP contribution in [0.4, 0.5) is 5.69 Å². The van der Waals surface area contributed by atoms with Crippen molar-refractivity contribution in [1.29, 1.82) is 0 Å². The number of aryl methyl sites for hydroxylation is 4. The first kappa shape index (κ1) is 31.1. The minimum Gasteiger partial charge on any atom is -0.335 e. The predicted octanol–water partition coefficient (Wildman–Crippen LogP) is 11.5. The maximum Gasteiger partial charge on any atom is 0.0559 e. The van der Waals surface area contributed by atoms with Crippen molar-refractivity contribution in [3.63, 3.8) is 0 Å². The second-order valence-electron chi connectivity index (χ2n) is 11.8. The summed E-state index contributed by atoms with van der Waals surface area (Å²) in [6.07, 6.45) is 32.9. The van der Waals surface area contributed by atoms with Crippen molar-refractivity contribution in [2.45, 2.75) is 78.2 Å². The van der Waals surface area contributed by atoms with Gasteiger partial charge in [0.25, 0.3) is 0 Å². The molecule has 2 aromatic rings. The molecule has 0 saturated heterocycles. The van der Waals surface area contributed by atoms with Crippen molar-refractivity contribution in [1.82, 2.24) is 0 Å². The van der Waals surface area contributed by atoms with E-state index in [1.165, 1.54) is 50.3 Å². The highest BCUT2D eigenvalue weighted by Crippen LogP contribution is 2.40. The van der Waals surface area contributed by atoms with E-state index in [-0.39, 0.29) is 5.92 Å². The third-order valence-corrected chi connectivity index (χ3v) is 8.61. The molecule has 2 aromatic carbocycles. The highest BCUT2D eigenvalue weighted by Gasteiger charge is 2.24. The number of anilines is 1. The Hall–Kier alpha value is -3.84. The van der Waals surface area contributed by atoms with Gasteiger partial charge in [0.15, 0.2) is 0 Å². The average Bonchev–Trinajstić information content (AvgIpc) is 2.98. The van der Waals surface area contributed by atoms with E-state index in [1.54, 1.807) is 0 Å². The lowest BCUT2D eigenvalue weighted by molar-refractivity contribution is 0.591. The highest BCUT2D eigenvalue weighted by atomic mass is 15.2. The van der Waals surface area contributed by atoms with E-state index in [0.29, 0.717) is 12.0 Å². The molecule has 0 aromatic heterocycles. The Kier molecular flexibility index (Phi) is 11.0. The van der Waals surface area contributed by atoms with Crippen molar-refractivity contribution in [3.05, 3.63) is 150 Å². The fourth-order valence-electron chi connectivity index (χ4n) is 6.67. The van der Waals surface area contributed by atoms with E-state index < -0.39 is 0 Å². The molecule has 42 heavy (non-hydrogen) atoms. The summed E-state index contributed by atoms with van der Waals surface area (Å²) in [5.41, 5.74) is 11.9. The Morgan fingerprint density at radius 2 is 1.52 bits per heavy atom. The molecule has 0 fully saturated rings. The lowest BCUT2D eigenvalue weighted by Gasteiger charge is -2.35. The van der Waals surface area contributed by atoms with Gasteiger partial charge in [0.1, 0.15) is 0 Å². The summed E-state index contributed by atoms with van der Waals surface area (Å²) in [4.78, 5) is 2.53. The predicted molar refractivity (Wildman–Crippen MR) is 186 cm³/mol.